The molecule has 9 aromatic carbocycles. The predicted molar refractivity (Wildman–Crippen MR) is 252 cm³/mol. The van der Waals surface area contributed by atoms with Crippen molar-refractivity contribution in [2.24, 2.45) is 0 Å². The van der Waals surface area contributed by atoms with Gasteiger partial charge in [-0.15, -0.1) is 0 Å². The molecule has 0 N–H and O–H groups in total. The van der Waals surface area contributed by atoms with E-state index in [0.717, 1.165) is 100 Å². The van der Waals surface area contributed by atoms with Gasteiger partial charge in [0.2, 0.25) is 0 Å². The molecule has 4 aliphatic heterocycles. The van der Waals surface area contributed by atoms with E-state index in [0.29, 0.717) is 0 Å². The first kappa shape index (κ1) is 30.9. The molecule has 0 spiro atoms. The molecule has 4 aromatic heterocycles. The molecule has 8 heteroatoms. The number of ether oxygens (including phenoxy) is 2. The van der Waals surface area contributed by atoms with E-state index in [1.807, 2.05) is 12.1 Å². The summed E-state index contributed by atoms with van der Waals surface area (Å²) >= 11 is 0. The summed E-state index contributed by atoms with van der Waals surface area (Å²) in [6.07, 6.45) is 0. The number of para-hydroxylation sites is 6. The minimum Gasteiger partial charge on any atom is -0.456 e. The van der Waals surface area contributed by atoms with Gasteiger partial charge in [-0.2, -0.15) is 0 Å². The minimum absolute atomic E-state index is 0.122. The highest BCUT2D eigenvalue weighted by molar-refractivity contribution is 7.01. The van der Waals surface area contributed by atoms with Crippen LogP contribution in [-0.2, 0) is 0 Å². The molecule has 0 amide bonds. The average Bonchev–Trinajstić information content (AvgIpc) is 4.07. The molecule has 62 heavy (non-hydrogen) atoms. The van der Waals surface area contributed by atoms with Crippen molar-refractivity contribution in [2.75, 3.05) is 0 Å². The van der Waals surface area contributed by atoms with E-state index in [-0.39, 0.29) is 13.4 Å². The first-order valence-corrected chi connectivity index (χ1v) is 21.3. The first-order valence-electron chi connectivity index (χ1n) is 21.3. The van der Waals surface area contributed by atoms with Gasteiger partial charge in [0.15, 0.2) is 11.5 Å². The molecule has 6 nitrogen and oxygen atoms in total. The van der Waals surface area contributed by atoms with E-state index in [2.05, 4.69) is 155 Å². The Morgan fingerprint density at radius 1 is 0.355 bits per heavy atom. The third kappa shape index (κ3) is 3.33. The molecule has 282 valence electrons. The predicted octanol–water partition coefficient (Wildman–Crippen LogP) is 9.55. The number of hydrogen-bond acceptors (Lipinski definition) is 4. The highest BCUT2D eigenvalue weighted by Crippen LogP contribution is 2.48. The lowest BCUT2D eigenvalue weighted by atomic mass is 9.32. The highest BCUT2D eigenvalue weighted by Gasteiger charge is 2.48. The van der Waals surface area contributed by atoms with E-state index in [4.69, 9.17) is 18.3 Å². The topological polar surface area (TPSA) is 54.6 Å². The molecule has 13 aromatic rings. The van der Waals surface area contributed by atoms with Gasteiger partial charge in [-0.25, -0.2) is 0 Å². The van der Waals surface area contributed by atoms with E-state index in [9.17, 15) is 0 Å². The Kier molecular flexibility index (Phi) is 5.11. The van der Waals surface area contributed by atoms with Crippen LogP contribution in [0, 0.1) is 0 Å². The lowest BCUT2D eigenvalue weighted by Gasteiger charge is -2.37. The summed E-state index contributed by atoms with van der Waals surface area (Å²) < 4.78 is 33.1. The van der Waals surface area contributed by atoms with Gasteiger partial charge in [0.05, 0.1) is 33.2 Å². The Morgan fingerprint density at radius 2 is 0.774 bits per heavy atom. The Labute approximate surface area is 351 Å². The molecule has 8 heterocycles. The molecule has 0 fully saturated rings. The molecule has 0 saturated heterocycles. The molecule has 17 rings (SSSR count). The normalized spacial score (nSPS) is 14.0. The van der Waals surface area contributed by atoms with Gasteiger partial charge in [0.1, 0.15) is 33.8 Å². The monoisotopic (exact) mass is 788 g/mol. The van der Waals surface area contributed by atoms with Crippen LogP contribution in [0.3, 0.4) is 0 Å². The van der Waals surface area contributed by atoms with Crippen molar-refractivity contribution in [3.8, 4) is 34.4 Å². The lowest BCUT2D eigenvalue weighted by Crippen LogP contribution is -2.61. The summed E-state index contributed by atoms with van der Waals surface area (Å²) in [6.45, 7) is -0.244. The summed E-state index contributed by atoms with van der Waals surface area (Å²) in [7, 11) is 0. The zero-order chi connectivity index (χ0) is 39.7. The van der Waals surface area contributed by atoms with Gasteiger partial charge in [-0.3, -0.25) is 0 Å². The number of nitrogens with zero attached hydrogens (tertiary/aromatic N) is 2. The number of fused-ring (bicyclic) bond motifs is 23. The van der Waals surface area contributed by atoms with E-state index >= 15 is 0 Å². The minimum atomic E-state index is -0.122. The molecular weight excluding hydrogens is 762 g/mol. The number of aromatic nitrogens is 2. The van der Waals surface area contributed by atoms with Crippen molar-refractivity contribution in [2.45, 2.75) is 0 Å². The Balaban J connectivity index is 1.01. The number of rotatable bonds is 0. The lowest BCUT2D eigenvalue weighted by molar-refractivity contribution is 0.424. The largest absolute Gasteiger partial charge is 0.456 e. The van der Waals surface area contributed by atoms with Gasteiger partial charge >= 0.3 is 0 Å². The third-order valence-electron chi connectivity index (χ3n) is 14.6. The van der Waals surface area contributed by atoms with Gasteiger partial charge in [0, 0.05) is 55.5 Å². The van der Waals surface area contributed by atoms with Crippen LogP contribution in [0.5, 0.6) is 23.0 Å². The fourth-order valence-corrected chi connectivity index (χ4v) is 12.4. The molecule has 4 aliphatic rings. The van der Waals surface area contributed by atoms with Crippen LogP contribution in [0.2, 0.25) is 0 Å². The van der Waals surface area contributed by atoms with Gasteiger partial charge in [0.25, 0.3) is 13.4 Å². The van der Waals surface area contributed by atoms with Crippen LogP contribution in [0.4, 0.5) is 0 Å². The van der Waals surface area contributed by atoms with Crippen molar-refractivity contribution in [1.82, 2.24) is 9.13 Å². The molecule has 0 saturated carbocycles. The standard InChI is InChI=1S/C54H26B2N2O4/c1-5-19-37-27(11-1)29-15-9-17-33-49(29)57(37)51-45-31-13-3-7-21-39(31)59-41(45)25-43-47(51)55(33)35-23-24-36-54(53(35)61-43)62-44-26-42-46(32-14-4-8-22-40(32)60-42)52-48(44)56(36)34-18-10-16-30-28-12-2-6-20-38(28)58(52)50(30)34/h1-26H. The summed E-state index contributed by atoms with van der Waals surface area (Å²) in [5.41, 5.74) is 17.3. The third-order valence-corrected chi connectivity index (χ3v) is 14.6. The molecule has 0 aliphatic carbocycles. The number of benzene rings is 9. The van der Waals surface area contributed by atoms with Crippen molar-refractivity contribution < 1.29 is 18.3 Å². The van der Waals surface area contributed by atoms with E-state index in [1.165, 1.54) is 54.5 Å². The fraction of sp³-hybridized carbons (Fsp3) is 0. The first-order chi connectivity index (χ1) is 30.8. The number of furan rings is 2. The highest BCUT2D eigenvalue weighted by atomic mass is 16.5. The van der Waals surface area contributed by atoms with Crippen LogP contribution in [0.15, 0.2) is 167 Å². The number of hydrogen-bond donors (Lipinski definition) is 0. The van der Waals surface area contributed by atoms with Crippen molar-refractivity contribution in [3.05, 3.63) is 158 Å². The second-order valence-electron chi connectivity index (χ2n) is 17.4. The summed E-state index contributed by atoms with van der Waals surface area (Å²) in [5, 5.41) is 9.32. The Morgan fingerprint density at radius 3 is 1.26 bits per heavy atom. The van der Waals surface area contributed by atoms with Crippen LogP contribution < -0.4 is 42.3 Å². The van der Waals surface area contributed by atoms with Gasteiger partial charge in [-0.05, 0) is 57.0 Å². The molecule has 0 radical (unpaired) electrons. The summed E-state index contributed by atoms with van der Waals surface area (Å²) in [4.78, 5) is 0. The van der Waals surface area contributed by atoms with E-state index < -0.39 is 0 Å². The molecular formula is C54H26B2N2O4. The Hall–Kier alpha value is -8.09. The molecule has 0 atom stereocenters. The maximum atomic E-state index is 7.38. The molecule has 0 unspecified atom stereocenters. The van der Waals surface area contributed by atoms with Crippen molar-refractivity contribution in [3.63, 3.8) is 0 Å². The zero-order valence-electron chi connectivity index (χ0n) is 32.7. The van der Waals surface area contributed by atoms with Crippen LogP contribution in [0.1, 0.15) is 0 Å². The fourth-order valence-electron chi connectivity index (χ4n) is 12.4. The second kappa shape index (κ2) is 10.3. The SMILES string of the molecule is c1ccc2c(c1)oc1cc3c4c(c12)-n1c2ccccc2c2cccc(c21)B4c1ccc2c(c1O3)Oc1cc3oc4ccccc4c3c3c1B2c1cccc2c4ccccc4n-3c12. The van der Waals surface area contributed by atoms with Gasteiger partial charge in [-0.1, -0.05) is 121 Å². The van der Waals surface area contributed by atoms with Crippen molar-refractivity contribution >= 4 is 134 Å². The van der Waals surface area contributed by atoms with Crippen LogP contribution in [-0.4, -0.2) is 22.6 Å². The van der Waals surface area contributed by atoms with Gasteiger partial charge < -0.3 is 27.4 Å². The quantitative estimate of drug-likeness (QED) is 0.144. The Bertz CT molecular complexity index is 4040. The average molecular weight is 788 g/mol. The van der Waals surface area contributed by atoms with Crippen LogP contribution in [0.25, 0.3) is 98.9 Å². The maximum Gasteiger partial charge on any atom is 0.256 e. The smallest absolute Gasteiger partial charge is 0.256 e. The summed E-state index contributed by atoms with van der Waals surface area (Å²) in [5.74, 6) is 3.06. The van der Waals surface area contributed by atoms with E-state index in [1.54, 1.807) is 0 Å². The molecule has 0 bridgehead atoms. The second-order valence-corrected chi connectivity index (χ2v) is 17.4. The summed E-state index contributed by atoms with van der Waals surface area (Å²) in [6, 6.07) is 56.8. The van der Waals surface area contributed by atoms with Crippen molar-refractivity contribution in [1.29, 1.82) is 0 Å². The zero-order valence-corrected chi connectivity index (χ0v) is 32.7. The maximum absolute atomic E-state index is 7.38. The van der Waals surface area contributed by atoms with Crippen LogP contribution >= 0.6 is 0 Å².